The molecule has 0 aliphatic rings. The Labute approximate surface area is 135 Å². The molecule has 0 saturated heterocycles. The lowest BCUT2D eigenvalue weighted by molar-refractivity contribution is 0.412. The lowest BCUT2D eigenvalue weighted by Gasteiger charge is -2.18. The van der Waals surface area contributed by atoms with E-state index in [-0.39, 0.29) is 6.04 Å². The molecule has 0 aliphatic heterocycles. The molecule has 0 bridgehead atoms. The Kier molecular flexibility index (Phi) is 5.43. The second kappa shape index (κ2) is 7.10. The number of nitrogens with two attached hydrogens (primary N) is 1. The Bertz CT molecular complexity index is 625. The van der Waals surface area contributed by atoms with Crippen LogP contribution < -0.4 is 10.5 Å². The Balaban J connectivity index is 2.43. The summed E-state index contributed by atoms with van der Waals surface area (Å²) >= 11 is 3.53. The van der Waals surface area contributed by atoms with E-state index in [1.807, 2.05) is 18.2 Å². The van der Waals surface area contributed by atoms with Crippen molar-refractivity contribution in [1.82, 2.24) is 0 Å². The fourth-order valence-corrected chi connectivity index (χ4v) is 3.09. The highest BCUT2D eigenvalue weighted by Crippen LogP contribution is 2.31. The molecular formula is C18H22BrNO. The zero-order valence-corrected chi connectivity index (χ0v) is 14.4. The van der Waals surface area contributed by atoms with Crippen LogP contribution in [0.5, 0.6) is 5.75 Å². The molecule has 0 heterocycles. The van der Waals surface area contributed by atoms with Crippen molar-refractivity contribution >= 4 is 15.9 Å². The number of rotatable bonds is 5. The summed E-state index contributed by atoms with van der Waals surface area (Å²) in [6, 6.07) is 12.5. The number of hydrogen-bond acceptors (Lipinski definition) is 2. The normalized spacial score (nSPS) is 12.2. The van der Waals surface area contributed by atoms with Gasteiger partial charge in [-0.15, -0.1) is 0 Å². The van der Waals surface area contributed by atoms with Gasteiger partial charge in [0.2, 0.25) is 0 Å². The van der Waals surface area contributed by atoms with E-state index < -0.39 is 0 Å². The van der Waals surface area contributed by atoms with Crippen molar-refractivity contribution < 1.29 is 4.74 Å². The maximum absolute atomic E-state index is 6.52. The number of halogens is 1. The molecule has 3 heteroatoms. The van der Waals surface area contributed by atoms with Crippen molar-refractivity contribution in [1.29, 1.82) is 0 Å². The molecule has 2 aromatic rings. The number of aryl methyl sites for hydroxylation is 2. The summed E-state index contributed by atoms with van der Waals surface area (Å²) < 4.78 is 6.21. The predicted octanol–water partition coefficient (Wildman–Crippen LogP) is 4.63. The standard InChI is InChI=1S/C18H22BrNO/c1-4-12-6-7-13(5-2)15(10-12)18(20)14-8-9-17(21-3)16(19)11-14/h6-11,18H,4-5,20H2,1-3H3. The molecule has 2 N–H and O–H groups in total. The Hall–Kier alpha value is -1.32. The van der Waals surface area contributed by atoms with Gasteiger partial charge in [-0.25, -0.2) is 0 Å². The van der Waals surface area contributed by atoms with Crippen LogP contribution in [-0.2, 0) is 12.8 Å². The maximum atomic E-state index is 6.52. The van der Waals surface area contributed by atoms with Crippen molar-refractivity contribution in [3.8, 4) is 5.75 Å². The first-order chi connectivity index (χ1) is 10.1. The second-order valence-electron chi connectivity index (χ2n) is 5.11. The van der Waals surface area contributed by atoms with Crippen LogP contribution in [0.1, 0.15) is 42.1 Å². The van der Waals surface area contributed by atoms with E-state index in [9.17, 15) is 0 Å². The summed E-state index contributed by atoms with van der Waals surface area (Å²) in [5.74, 6) is 0.823. The van der Waals surface area contributed by atoms with Gasteiger partial charge in [-0.2, -0.15) is 0 Å². The van der Waals surface area contributed by atoms with E-state index in [2.05, 4.69) is 48.0 Å². The van der Waals surface area contributed by atoms with Gasteiger partial charge in [0, 0.05) is 0 Å². The van der Waals surface area contributed by atoms with E-state index in [4.69, 9.17) is 10.5 Å². The molecule has 0 fully saturated rings. The first-order valence-electron chi connectivity index (χ1n) is 7.31. The van der Waals surface area contributed by atoms with E-state index in [0.29, 0.717) is 0 Å². The molecule has 0 aromatic heterocycles. The lowest BCUT2D eigenvalue weighted by atomic mass is 9.92. The van der Waals surface area contributed by atoms with Crippen LogP contribution in [0.2, 0.25) is 0 Å². The van der Waals surface area contributed by atoms with Crippen molar-refractivity contribution in [3.05, 3.63) is 63.1 Å². The molecule has 1 unspecified atom stereocenters. The Morgan fingerprint density at radius 2 is 1.86 bits per heavy atom. The van der Waals surface area contributed by atoms with Gasteiger partial charge in [0.15, 0.2) is 0 Å². The molecule has 112 valence electrons. The third kappa shape index (κ3) is 3.47. The smallest absolute Gasteiger partial charge is 0.133 e. The van der Waals surface area contributed by atoms with Gasteiger partial charge in [-0.3, -0.25) is 0 Å². The van der Waals surface area contributed by atoms with Gasteiger partial charge in [-0.05, 0) is 63.2 Å². The second-order valence-corrected chi connectivity index (χ2v) is 5.97. The number of ether oxygens (including phenoxy) is 1. The Morgan fingerprint density at radius 3 is 2.43 bits per heavy atom. The van der Waals surface area contributed by atoms with Gasteiger partial charge in [0.1, 0.15) is 5.75 Å². The lowest BCUT2D eigenvalue weighted by Crippen LogP contribution is -2.14. The summed E-state index contributed by atoms with van der Waals surface area (Å²) in [5.41, 5.74) is 11.5. The van der Waals surface area contributed by atoms with Crippen LogP contribution >= 0.6 is 15.9 Å². The summed E-state index contributed by atoms with van der Waals surface area (Å²) in [6.45, 7) is 4.33. The fraction of sp³-hybridized carbons (Fsp3) is 0.333. The maximum Gasteiger partial charge on any atom is 0.133 e. The monoisotopic (exact) mass is 347 g/mol. The molecular weight excluding hydrogens is 326 g/mol. The Morgan fingerprint density at radius 1 is 1.10 bits per heavy atom. The quantitative estimate of drug-likeness (QED) is 0.855. The molecule has 21 heavy (non-hydrogen) atoms. The molecule has 2 rings (SSSR count). The minimum Gasteiger partial charge on any atom is -0.496 e. The molecule has 1 atom stereocenters. The zero-order valence-electron chi connectivity index (χ0n) is 12.8. The van der Waals surface area contributed by atoms with Gasteiger partial charge in [0.25, 0.3) is 0 Å². The number of hydrogen-bond donors (Lipinski definition) is 1. The predicted molar refractivity (Wildman–Crippen MR) is 91.9 cm³/mol. The van der Waals surface area contributed by atoms with Crippen LogP contribution in [0.25, 0.3) is 0 Å². The molecule has 2 nitrogen and oxygen atoms in total. The zero-order chi connectivity index (χ0) is 15.4. The summed E-state index contributed by atoms with van der Waals surface area (Å²) in [5, 5.41) is 0. The average Bonchev–Trinajstić information content (AvgIpc) is 2.53. The van der Waals surface area contributed by atoms with Gasteiger partial charge < -0.3 is 10.5 Å². The van der Waals surface area contributed by atoms with E-state index in [1.165, 1.54) is 16.7 Å². The molecule has 0 aliphatic carbocycles. The van der Waals surface area contributed by atoms with E-state index in [0.717, 1.165) is 28.6 Å². The third-order valence-corrected chi connectivity index (χ3v) is 4.49. The number of benzene rings is 2. The van der Waals surface area contributed by atoms with Crippen LogP contribution in [0.3, 0.4) is 0 Å². The van der Waals surface area contributed by atoms with Crippen molar-refractivity contribution in [2.24, 2.45) is 5.73 Å². The SMILES string of the molecule is CCc1ccc(CC)c(C(N)c2ccc(OC)c(Br)c2)c1. The average molecular weight is 348 g/mol. The summed E-state index contributed by atoms with van der Waals surface area (Å²) in [6.07, 6.45) is 2.01. The minimum absolute atomic E-state index is 0.117. The summed E-state index contributed by atoms with van der Waals surface area (Å²) in [4.78, 5) is 0. The molecule has 0 spiro atoms. The molecule has 0 amide bonds. The third-order valence-electron chi connectivity index (χ3n) is 3.87. The van der Waals surface area contributed by atoms with E-state index >= 15 is 0 Å². The minimum atomic E-state index is -0.117. The van der Waals surface area contributed by atoms with Gasteiger partial charge in [-0.1, -0.05) is 38.1 Å². The topological polar surface area (TPSA) is 35.2 Å². The van der Waals surface area contributed by atoms with Crippen LogP contribution in [-0.4, -0.2) is 7.11 Å². The van der Waals surface area contributed by atoms with Crippen molar-refractivity contribution in [2.45, 2.75) is 32.7 Å². The highest BCUT2D eigenvalue weighted by atomic mass is 79.9. The molecule has 0 radical (unpaired) electrons. The fourth-order valence-electron chi connectivity index (χ4n) is 2.53. The van der Waals surface area contributed by atoms with Crippen LogP contribution in [0, 0.1) is 0 Å². The molecule has 0 saturated carbocycles. The van der Waals surface area contributed by atoms with Gasteiger partial charge in [0.05, 0.1) is 17.6 Å². The number of methoxy groups -OCH3 is 1. The van der Waals surface area contributed by atoms with Crippen molar-refractivity contribution in [3.63, 3.8) is 0 Å². The molecule has 2 aromatic carbocycles. The highest BCUT2D eigenvalue weighted by molar-refractivity contribution is 9.10. The first kappa shape index (κ1) is 16.1. The van der Waals surface area contributed by atoms with Crippen LogP contribution in [0.15, 0.2) is 40.9 Å². The first-order valence-corrected chi connectivity index (χ1v) is 8.10. The van der Waals surface area contributed by atoms with Crippen molar-refractivity contribution in [2.75, 3.05) is 7.11 Å². The van der Waals surface area contributed by atoms with Gasteiger partial charge >= 0.3 is 0 Å². The van der Waals surface area contributed by atoms with E-state index in [1.54, 1.807) is 7.11 Å². The largest absolute Gasteiger partial charge is 0.496 e. The summed E-state index contributed by atoms with van der Waals surface area (Å²) in [7, 11) is 1.67. The highest BCUT2D eigenvalue weighted by Gasteiger charge is 2.14. The van der Waals surface area contributed by atoms with Crippen LogP contribution in [0.4, 0.5) is 0 Å².